The van der Waals surface area contributed by atoms with Crippen LogP contribution in [0, 0.1) is 23.5 Å². The number of esters is 1. The van der Waals surface area contributed by atoms with Crippen molar-refractivity contribution in [2.75, 3.05) is 19.0 Å². The van der Waals surface area contributed by atoms with Gasteiger partial charge in [0.15, 0.2) is 11.6 Å². The second-order valence-corrected chi connectivity index (χ2v) is 5.33. The van der Waals surface area contributed by atoms with E-state index in [1.807, 2.05) is 0 Å². The van der Waals surface area contributed by atoms with Crippen LogP contribution < -0.4 is 5.32 Å². The summed E-state index contributed by atoms with van der Waals surface area (Å²) in [6.45, 7) is 2.80. The largest absolute Gasteiger partial charge is 0.465 e. The normalized spacial score (nSPS) is 21.8. The maximum atomic E-state index is 13.9. The lowest BCUT2D eigenvalue weighted by Gasteiger charge is -2.17. The van der Waals surface area contributed by atoms with E-state index in [9.17, 15) is 13.6 Å². The van der Waals surface area contributed by atoms with Crippen LogP contribution in [0.15, 0.2) is 12.1 Å². The molecule has 1 aliphatic rings. The Kier molecular flexibility index (Phi) is 4.57. The molecule has 0 spiro atoms. The maximum Gasteiger partial charge on any atom is 0.340 e. The number of nitrogens with one attached hydrogen (secondary N) is 1. The van der Waals surface area contributed by atoms with Crippen molar-refractivity contribution in [3.8, 4) is 0 Å². The molecule has 0 aromatic heterocycles. The van der Waals surface area contributed by atoms with E-state index >= 15 is 0 Å². The highest BCUT2D eigenvalue weighted by atomic mass is 19.2. The maximum absolute atomic E-state index is 13.9. The van der Waals surface area contributed by atoms with Crippen molar-refractivity contribution >= 4 is 11.7 Å². The SMILES string of the molecule is COC(=O)c1ccc(NCC2CCCC2C)c(F)c1F. The second-order valence-electron chi connectivity index (χ2n) is 5.33. The Morgan fingerprint density at radius 1 is 1.35 bits per heavy atom. The van der Waals surface area contributed by atoms with Crippen LogP contribution in [-0.4, -0.2) is 19.6 Å². The summed E-state index contributed by atoms with van der Waals surface area (Å²) in [6.07, 6.45) is 3.48. The zero-order valence-electron chi connectivity index (χ0n) is 11.7. The molecule has 1 aromatic carbocycles. The van der Waals surface area contributed by atoms with Crippen LogP contribution in [0.25, 0.3) is 0 Å². The van der Waals surface area contributed by atoms with E-state index in [2.05, 4.69) is 17.0 Å². The van der Waals surface area contributed by atoms with Crippen molar-refractivity contribution in [1.82, 2.24) is 0 Å². The number of hydrogen-bond donors (Lipinski definition) is 1. The molecule has 0 aliphatic heterocycles. The number of carbonyl (C=O) groups excluding carboxylic acids is 1. The molecule has 0 saturated heterocycles. The molecule has 20 heavy (non-hydrogen) atoms. The summed E-state index contributed by atoms with van der Waals surface area (Å²) in [5.41, 5.74) is -0.293. The van der Waals surface area contributed by atoms with Crippen molar-refractivity contribution in [2.45, 2.75) is 26.2 Å². The van der Waals surface area contributed by atoms with Gasteiger partial charge in [-0.25, -0.2) is 13.6 Å². The van der Waals surface area contributed by atoms with Gasteiger partial charge in [0, 0.05) is 6.54 Å². The van der Waals surface area contributed by atoms with Gasteiger partial charge in [-0.15, -0.1) is 0 Å². The quantitative estimate of drug-likeness (QED) is 0.858. The minimum Gasteiger partial charge on any atom is -0.465 e. The molecule has 0 amide bonds. The van der Waals surface area contributed by atoms with E-state index in [1.54, 1.807) is 0 Å². The third kappa shape index (κ3) is 2.92. The van der Waals surface area contributed by atoms with Gasteiger partial charge in [-0.1, -0.05) is 19.8 Å². The third-order valence-electron chi connectivity index (χ3n) is 4.08. The molecule has 5 heteroatoms. The first-order chi connectivity index (χ1) is 9.54. The number of rotatable bonds is 4. The van der Waals surface area contributed by atoms with E-state index in [0.29, 0.717) is 18.4 Å². The van der Waals surface area contributed by atoms with Crippen LogP contribution in [0.1, 0.15) is 36.5 Å². The Labute approximate surface area is 117 Å². The van der Waals surface area contributed by atoms with Crippen LogP contribution >= 0.6 is 0 Å². The Bertz CT molecular complexity index is 505. The molecule has 0 radical (unpaired) electrons. The fourth-order valence-electron chi connectivity index (χ4n) is 2.72. The summed E-state index contributed by atoms with van der Waals surface area (Å²) in [6, 6.07) is 2.62. The smallest absolute Gasteiger partial charge is 0.340 e. The molecule has 2 atom stereocenters. The fraction of sp³-hybridized carbons (Fsp3) is 0.533. The Balaban J connectivity index is 2.09. The van der Waals surface area contributed by atoms with Gasteiger partial charge in [-0.05, 0) is 30.4 Å². The predicted octanol–water partition coefficient (Wildman–Crippen LogP) is 3.60. The highest BCUT2D eigenvalue weighted by Gasteiger charge is 2.24. The van der Waals surface area contributed by atoms with Gasteiger partial charge in [0.2, 0.25) is 0 Å². The summed E-state index contributed by atoms with van der Waals surface area (Å²) in [5.74, 6) is -1.99. The second kappa shape index (κ2) is 6.20. The summed E-state index contributed by atoms with van der Waals surface area (Å²) in [7, 11) is 1.13. The molecular weight excluding hydrogens is 264 g/mol. The summed E-state index contributed by atoms with van der Waals surface area (Å²) < 4.78 is 32.0. The molecule has 1 fully saturated rings. The zero-order valence-corrected chi connectivity index (χ0v) is 11.7. The van der Waals surface area contributed by atoms with Crippen molar-refractivity contribution in [1.29, 1.82) is 0 Å². The standard InChI is InChI=1S/C15H19F2NO2/c1-9-4-3-5-10(9)8-18-12-7-6-11(15(19)20-2)13(16)14(12)17/h6-7,9-10,18H,3-5,8H2,1-2H3. The van der Waals surface area contributed by atoms with Crippen LogP contribution in [-0.2, 0) is 4.74 Å². The summed E-state index contributed by atoms with van der Waals surface area (Å²) >= 11 is 0. The number of halogens is 2. The minimum atomic E-state index is -1.17. The molecule has 0 heterocycles. The number of ether oxygens (including phenoxy) is 1. The van der Waals surface area contributed by atoms with E-state index in [4.69, 9.17) is 0 Å². The molecule has 2 rings (SSSR count). The Hall–Kier alpha value is -1.65. The van der Waals surface area contributed by atoms with Gasteiger partial charge in [-0.2, -0.15) is 0 Å². The predicted molar refractivity (Wildman–Crippen MR) is 72.7 cm³/mol. The highest BCUT2D eigenvalue weighted by Crippen LogP contribution is 2.31. The first-order valence-electron chi connectivity index (χ1n) is 6.84. The lowest BCUT2D eigenvalue weighted by molar-refractivity contribution is 0.0594. The number of benzene rings is 1. The van der Waals surface area contributed by atoms with E-state index in [-0.39, 0.29) is 11.3 Å². The average Bonchev–Trinajstić information content (AvgIpc) is 2.85. The van der Waals surface area contributed by atoms with Crippen LogP contribution in [0.3, 0.4) is 0 Å². The van der Waals surface area contributed by atoms with Crippen molar-refractivity contribution < 1.29 is 18.3 Å². The molecule has 3 nitrogen and oxygen atoms in total. The van der Waals surface area contributed by atoms with Gasteiger partial charge in [0.05, 0.1) is 18.4 Å². The van der Waals surface area contributed by atoms with Crippen molar-refractivity contribution in [3.63, 3.8) is 0 Å². The van der Waals surface area contributed by atoms with Crippen LogP contribution in [0.2, 0.25) is 0 Å². The molecule has 1 aliphatic carbocycles. The number of carbonyl (C=O) groups is 1. The van der Waals surface area contributed by atoms with Gasteiger partial charge in [0.1, 0.15) is 0 Å². The lowest BCUT2D eigenvalue weighted by atomic mass is 9.98. The molecule has 1 N–H and O–H groups in total. The lowest BCUT2D eigenvalue weighted by Crippen LogP contribution is -2.18. The monoisotopic (exact) mass is 283 g/mol. The van der Waals surface area contributed by atoms with E-state index in [1.165, 1.54) is 25.0 Å². The van der Waals surface area contributed by atoms with Gasteiger partial charge >= 0.3 is 5.97 Å². The minimum absolute atomic E-state index is 0.0919. The van der Waals surface area contributed by atoms with Crippen molar-refractivity contribution in [2.24, 2.45) is 11.8 Å². The number of hydrogen-bond acceptors (Lipinski definition) is 3. The van der Waals surface area contributed by atoms with Gasteiger partial charge in [0.25, 0.3) is 0 Å². The highest BCUT2D eigenvalue weighted by molar-refractivity contribution is 5.90. The molecular formula is C15H19F2NO2. The van der Waals surface area contributed by atoms with Gasteiger partial charge < -0.3 is 10.1 Å². The molecule has 2 unspecified atom stereocenters. The summed E-state index contributed by atoms with van der Waals surface area (Å²) in [4.78, 5) is 11.3. The first-order valence-corrected chi connectivity index (χ1v) is 6.84. The van der Waals surface area contributed by atoms with E-state index < -0.39 is 17.6 Å². The van der Waals surface area contributed by atoms with Crippen molar-refractivity contribution in [3.05, 3.63) is 29.3 Å². The van der Waals surface area contributed by atoms with Crippen LogP contribution in [0.5, 0.6) is 0 Å². The third-order valence-corrected chi connectivity index (χ3v) is 4.08. The molecule has 110 valence electrons. The molecule has 1 saturated carbocycles. The number of anilines is 1. The number of methoxy groups -OCH3 is 1. The Morgan fingerprint density at radius 2 is 2.10 bits per heavy atom. The van der Waals surface area contributed by atoms with Gasteiger partial charge in [-0.3, -0.25) is 0 Å². The fourth-order valence-corrected chi connectivity index (χ4v) is 2.72. The topological polar surface area (TPSA) is 38.3 Å². The average molecular weight is 283 g/mol. The Morgan fingerprint density at radius 3 is 2.70 bits per heavy atom. The zero-order chi connectivity index (χ0) is 14.7. The summed E-state index contributed by atoms with van der Waals surface area (Å²) in [5, 5.41) is 2.94. The first kappa shape index (κ1) is 14.8. The van der Waals surface area contributed by atoms with E-state index in [0.717, 1.165) is 13.5 Å². The molecule has 0 bridgehead atoms. The van der Waals surface area contributed by atoms with Crippen LogP contribution in [0.4, 0.5) is 14.5 Å². The molecule has 1 aromatic rings.